The molecule has 1 aromatic heterocycles. The minimum absolute atomic E-state index is 0.0422. The molecule has 1 fully saturated rings. The minimum atomic E-state index is 0.0422. The molecule has 1 amide bonds. The molecule has 5 heteroatoms. The fourth-order valence-corrected chi connectivity index (χ4v) is 3.67. The molecule has 0 radical (unpaired) electrons. The molecule has 0 saturated carbocycles. The third kappa shape index (κ3) is 3.33. The van der Waals surface area contributed by atoms with Gasteiger partial charge in [0.25, 0.3) is 5.91 Å². The van der Waals surface area contributed by atoms with E-state index in [4.69, 9.17) is 0 Å². The van der Waals surface area contributed by atoms with E-state index in [1.54, 1.807) is 0 Å². The first kappa shape index (κ1) is 14.0. The second-order valence-electron chi connectivity index (χ2n) is 5.34. The van der Waals surface area contributed by atoms with Crippen LogP contribution in [0.4, 0.5) is 0 Å². The zero-order valence-electron chi connectivity index (χ0n) is 10.8. The van der Waals surface area contributed by atoms with Crippen LogP contribution in [0.2, 0.25) is 0 Å². The van der Waals surface area contributed by atoms with Crippen LogP contribution >= 0.6 is 27.3 Å². The lowest BCUT2D eigenvalue weighted by Crippen LogP contribution is -2.45. The molecule has 1 aliphatic heterocycles. The molecular formula is C13H19BrN2OS. The maximum Gasteiger partial charge on any atom is 0.261 e. The van der Waals surface area contributed by atoms with Gasteiger partial charge in [-0.05, 0) is 59.3 Å². The van der Waals surface area contributed by atoms with Crippen LogP contribution in [-0.4, -0.2) is 25.5 Å². The molecule has 0 spiro atoms. The van der Waals surface area contributed by atoms with E-state index in [0.29, 0.717) is 0 Å². The predicted molar refractivity (Wildman–Crippen MR) is 79.3 cm³/mol. The van der Waals surface area contributed by atoms with Crippen molar-refractivity contribution >= 4 is 33.2 Å². The summed E-state index contributed by atoms with van der Waals surface area (Å²) in [5.41, 5.74) is 1.31. The summed E-state index contributed by atoms with van der Waals surface area (Å²) in [4.78, 5) is 12.8. The van der Waals surface area contributed by atoms with E-state index in [-0.39, 0.29) is 11.3 Å². The van der Waals surface area contributed by atoms with Gasteiger partial charge < -0.3 is 10.6 Å². The van der Waals surface area contributed by atoms with E-state index in [1.807, 2.05) is 13.0 Å². The quantitative estimate of drug-likeness (QED) is 0.894. The van der Waals surface area contributed by atoms with Crippen molar-refractivity contribution in [3.8, 4) is 0 Å². The fourth-order valence-electron chi connectivity index (χ4n) is 2.22. The molecule has 18 heavy (non-hydrogen) atoms. The number of carbonyl (C=O) groups is 1. The van der Waals surface area contributed by atoms with Gasteiger partial charge in [-0.25, -0.2) is 0 Å². The van der Waals surface area contributed by atoms with Gasteiger partial charge in [0.15, 0.2) is 0 Å². The van der Waals surface area contributed by atoms with Gasteiger partial charge in [-0.2, -0.15) is 0 Å². The Kier molecular flexibility index (Phi) is 4.45. The number of nitrogens with one attached hydrogen (secondary N) is 2. The summed E-state index contributed by atoms with van der Waals surface area (Å²) in [5, 5.41) is 6.46. The van der Waals surface area contributed by atoms with Crippen molar-refractivity contribution in [3.05, 3.63) is 20.3 Å². The summed E-state index contributed by atoms with van der Waals surface area (Å²) >= 11 is 4.95. The Morgan fingerprint density at radius 2 is 2.44 bits per heavy atom. The first-order valence-corrected chi connectivity index (χ1v) is 7.86. The third-order valence-electron chi connectivity index (χ3n) is 3.44. The highest BCUT2D eigenvalue weighted by Gasteiger charge is 2.27. The SMILES string of the molecule is Cc1cc(C(=O)NCC2(C)CCCNC2)sc1Br. The van der Waals surface area contributed by atoms with Crippen LogP contribution in [0.5, 0.6) is 0 Å². The lowest BCUT2D eigenvalue weighted by Gasteiger charge is -2.34. The fraction of sp³-hybridized carbons (Fsp3) is 0.615. The summed E-state index contributed by atoms with van der Waals surface area (Å²) in [6.45, 7) is 7.06. The summed E-state index contributed by atoms with van der Waals surface area (Å²) in [6, 6.07) is 1.94. The molecule has 100 valence electrons. The second-order valence-corrected chi connectivity index (χ2v) is 7.71. The molecule has 2 heterocycles. The average Bonchev–Trinajstić information content (AvgIpc) is 2.68. The van der Waals surface area contributed by atoms with Crippen molar-refractivity contribution in [2.24, 2.45) is 5.41 Å². The normalized spacial score (nSPS) is 23.9. The number of piperidine rings is 1. The van der Waals surface area contributed by atoms with E-state index < -0.39 is 0 Å². The van der Waals surface area contributed by atoms with Crippen LogP contribution in [0.25, 0.3) is 0 Å². The van der Waals surface area contributed by atoms with Crippen LogP contribution in [0.1, 0.15) is 35.0 Å². The van der Waals surface area contributed by atoms with Gasteiger partial charge in [-0.3, -0.25) is 4.79 Å². The van der Waals surface area contributed by atoms with Crippen molar-refractivity contribution in [2.45, 2.75) is 26.7 Å². The van der Waals surface area contributed by atoms with Crippen molar-refractivity contribution in [1.82, 2.24) is 10.6 Å². The maximum atomic E-state index is 12.1. The Balaban J connectivity index is 1.91. The van der Waals surface area contributed by atoms with E-state index in [9.17, 15) is 4.79 Å². The Hall–Kier alpha value is -0.390. The molecule has 1 saturated heterocycles. The van der Waals surface area contributed by atoms with E-state index >= 15 is 0 Å². The van der Waals surface area contributed by atoms with Crippen molar-refractivity contribution in [3.63, 3.8) is 0 Å². The molecular weight excluding hydrogens is 312 g/mol. The Labute approximate surface area is 120 Å². The van der Waals surface area contributed by atoms with Crippen molar-refractivity contribution in [2.75, 3.05) is 19.6 Å². The van der Waals surface area contributed by atoms with Crippen LogP contribution in [0.3, 0.4) is 0 Å². The molecule has 0 aliphatic carbocycles. The highest BCUT2D eigenvalue weighted by Crippen LogP contribution is 2.28. The van der Waals surface area contributed by atoms with E-state index in [0.717, 1.165) is 33.9 Å². The molecule has 1 atom stereocenters. The smallest absolute Gasteiger partial charge is 0.261 e. The molecule has 2 rings (SSSR count). The summed E-state index contributed by atoms with van der Waals surface area (Å²) in [5.74, 6) is 0.0422. The summed E-state index contributed by atoms with van der Waals surface area (Å²) in [7, 11) is 0. The van der Waals surface area contributed by atoms with Gasteiger partial charge in [0, 0.05) is 13.1 Å². The van der Waals surface area contributed by atoms with E-state index in [1.165, 1.54) is 24.2 Å². The van der Waals surface area contributed by atoms with Gasteiger partial charge in [0.05, 0.1) is 8.66 Å². The number of rotatable bonds is 3. The highest BCUT2D eigenvalue weighted by atomic mass is 79.9. The zero-order chi connectivity index (χ0) is 13.2. The van der Waals surface area contributed by atoms with E-state index in [2.05, 4.69) is 33.5 Å². The number of aryl methyl sites for hydroxylation is 1. The number of amides is 1. The molecule has 2 N–H and O–H groups in total. The Bertz CT molecular complexity index is 419. The zero-order valence-corrected chi connectivity index (χ0v) is 13.2. The predicted octanol–water partition coefficient (Wildman–Crippen LogP) is 2.94. The lowest BCUT2D eigenvalue weighted by atomic mass is 9.83. The van der Waals surface area contributed by atoms with Gasteiger partial charge in [0.2, 0.25) is 0 Å². The van der Waals surface area contributed by atoms with Gasteiger partial charge >= 0.3 is 0 Å². The van der Waals surface area contributed by atoms with Gasteiger partial charge in [-0.15, -0.1) is 11.3 Å². The lowest BCUT2D eigenvalue weighted by molar-refractivity contribution is 0.0928. The van der Waals surface area contributed by atoms with Gasteiger partial charge in [-0.1, -0.05) is 6.92 Å². The van der Waals surface area contributed by atoms with Crippen LogP contribution in [0.15, 0.2) is 9.85 Å². The first-order valence-electron chi connectivity index (χ1n) is 6.25. The molecule has 3 nitrogen and oxygen atoms in total. The van der Waals surface area contributed by atoms with Crippen LogP contribution < -0.4 is 10.6 Å². The monoisotopic (exact) mass is 330 g/mol. The van der Waals surface area contributed by atoms with Crippen molar-refractivity contribution < 1.29 is 4.79 Å². The largest absolute Gasteiger partial charge is 0.351 e. The minimum Gasteiger partial charge on any atom is -0.351 e. The number of halogens is 1. The first-order chi connectivity index (χ1) is 8.50. The molecule has 0 aromatic carbocycles. The van der Waals surface area contributed by atoms with Crippen LogP contribution in [-0.2, 0) is 0 Å². The maximum absolute atomic E-state index is 12.1. The Morgan fingerprint density at radius 3 is 3.00 bits per heavy atom. The molecule has 1 aliphatic rings. The summed E-state index contributed by atoms with van der Waals surface area (Å²) in [6.07, 6.45) is 2.36. The molecule has 1 aromatic rings. The standard InChI is InChI=1S/C13H19BrN2OS/c1-9-6-10(18-11(9)14)12(17)16-8-13(2)4-3-5-15-7-13/h6,15H,3-5,7-8H2,1-2H3,(H,16,17). The molecule has 1 unspecified atom stereocenters. The number of carbonyl (C=O) groups excluding carboxylic acids is 1. The highest BCUT2D eigenvalue weighted by molar-refractivity contribution is 9.11. The third-order valence-corrected chi connectivity index (χ3v) is 5.58. The van der Waals surface area contributed by atoms with Gasteiger partial charge in [0.1, 0.15) is 0 Å². The van der Waals surface area contributed by atoms with Crippen molar-refractivity contribution in [1.29, 1.82) is 0 Å². The topological polar surface area (TPSA) is 41.1 Å². The average molecular weight is 331 g/mol. The van der Waals surface area contributed by atoms with Crippen LogP contribution in [0, 0.1) is 12.3 Å². The Morgan fingerprint density at radius 1 is 1.67 bits per heavy atom. The number of hydrogen-bond acceptors (Lipinski definition) is 3. The molecule has 0 bridgehead atoms. The second kappa shape index (κ2) is 5.72. The number of hydrogen-bond donors (Lipinski definition) is 2. The summed E-state index contributed by atoms with van der Waals surface area (Å²) < 4.78 is 1.04. The number of thiophene rings is 1.